The molecule has 1 unspecified atom stereocenters. The van der Waals surface area contributed by atoms with Crippen LogP contribution in [0, 0.1) is 0 Å². The molecule has 1 saturated heterocycles. The standard InChI is InChI=1S/C6H11NO6S/c1-11-7-3-5(13-6(7)8)4-12-14(2,9)10/h5H,3-4H2,1-2H3. The van der Waals surface area contributed by atoms with Gasteiger partial charge in [-0.25, -0.2) is 4.79 Å². The molecule has 1 aliphatic rings. The molecule has 0 bridgehead atoms. The second-order valence-electron chi connectivity index (χ2n) is 2.74. The third-order valence-electron chi connectivity index (χ3n) is 1.53. The number of amides is 1. The van der Waals surface area contributed by atoms with Gasteiger partial charge in [0.2, 0.25) is 0 Å². The fraction of sp³-hybridized carbons (Fsp3) is 0.833. The minimum absolute atomic E-state index is 0.158. The van der Waals surface area contributed by atoms with E-state index < -0.39 is 22.3 Å². The molecule has 0 aliphatic carbocycles. The van der Waals surface area contributed by atoms with Crippen LogP contribution in [0.1, 0.15) is 0 Å². The lowest BCUT2D eigenvalue weighted by Gasteiger charge is -2.07. The molecule has 1 aliphatic heterocycles. The van der Waals surface area contributed by atoms with E-state index in [2.05, 4.69) is 9.02 Å². The zero-order valence-electron chi connectivity index (χ0n) is 7.80. The quantitative estimate of drug-likeness (QED) is 0.591. The molecule has 7 nitrogen and oxygen atoms in total. The normalized spacial score (nSPS) is 22.6. The van der Waals surface area contributed by atoms with Crippen LogP contribution in [-0.4, -0.2) is 52.2 Å². The highest BCUT2D eigenvalue weighted by atomic mass is 32.2. The highest BCUT2D eigenvalue weighted by Gasteiger charge is 2.32. The maximum absolute atomic E-state index is 10.9. The Morgan fingerprint density at radius 1 is 1.64 bits per heavy atom. The number of nitrogens with zero attached hydrogens (tertiary/aromatic N) is 1. The first-order valence-electron chi connectivity index (χ1n) is 3.79. The molecule has 0 N–H and O–H groups in total. The lowest BCUT2D eigenvalue weighted by Crippen LogP contribution is -2.25. The van der Waals surface area contributed by atoms with Crippen LogP contribution in [0.15, 0.2) is 0 Å². The van der Waals surface area contributed by atoms with Crippen molar-refractivity contribution in [1.29, 1.82) is 0 Å². The van der Waals surface area contributed by atoms with E-state index in [1.165, 1.54) is 7.11 Å². The SMILES string of the molecule is CON1CC(COS(C)(=O)=O)OC1=O. The van der Waals surface area contributed by atoms with Crippen molar-refractivity contribution >= 4 is 16.2 Å². The van der Waals surface area contributed by atoms with Crippen molar-refractivity contribution in [3.05, 3.63) is 0 Å². The van der Waals surface area contributed by atoms with Gasteiger partial charge in [0.05, 0.1) is 19.9 Å². The fourth-order valence-corrected chi connectivity index (χ4v) is 1.33. The van der Waals surface area contributed by atoms with Crippen molar-refractivity contribution in [2.24, 2.45) is 0 Å². The van der Waals surface area contributed by atoms with Gasteiger partial charge in [0.1, 0.15) is 12.7 Å². The maximum Gasteiger partial charge on any atom is 0.434 e. The van der Waals surface area contributed by atoms with Crippen LogP contribution in [0.4, 0.5) is 4.79 Å². The Balaban J connectivity index is 2.39. The number of ether oxygens (including phenoxy) is 1. The van der Waals surface area contributed by atoms with E-state index in [0.717, 1.165) is 11.3 Å². The Morgan fingerprint density at radius 2 is 2.29 bits per heavy atom. The first kappa shape index (κ1) is 11.2. The molecule has 0 aromatic rings. The summed E-state index contributed by atoms with van der Waals surface area (Å²) in [4.78, 5) is 15.6. The Bertz CT molecular complexity index is 312. The maximum atomic E-state index is 10.9. The predicted molar refractivity (Wildman–Crippen MR) is 44.8 cm³/mol. The van der Waals surface area contributed by atoms with E-state index in [1.807, 2.05) is 0 Å². The summed E-state index contributed by atoms with van der Waals surface area (Å²) in [7, 11) is -2.18. The number of rotatable bonds is 4. The number of carbonyl (C=O) groups excluding carboxylic acids is 1. The summed E-state index contributed by atoms with van der Waals surface area (Å²) in [5.74, 6) is 0. The van der Waals surface area contributed by atoms with Crippen molar-refractivity contribution in [2.75, 3.05) is 26.5 Å². The molecule has 82 valence electrons. The molecular formula is C6H11NO6S. The van der Waals surface area contributed by atoms with Gasteiger partial charge in [0.15, 0.2) is 0 Å². The zero-order valence-corrected chi connectivity index (χ0v) is 8.61. The van der Waals surface area contributed by atoms with E-state index in [9.17, 15) is 13.2 Å². The van der Waals surface area contributed by atoms with Crippen LogP contribution < -0.4 is 0 Å². The smallest absolute Gasteiger partial charge is 0.434 e. The first-order valence-corrected chi connectivity index (χ1v) is 5.60. The molecule has 1 atom stereocenters. The second-order valence-corrected chi connectivity index (χ2v) is 4.38. The average molecular weight is 225 g/mol. The van der Waals surface area contributed by atoms with E-state index in [0.29, 0.717) is 0 Å². The van der Waals surface area contributed by atoms with Crippen LogP contribution in [0.25, 0.3) is 0 Å². The summed E-state index contributed by atoms with van der Waals surface area (Å²) in [5, 5.41) is 0.982. The van der Waals surface area contributed by atoms with Gasteiger partial charge in [0.25, 0.3) is 10.1 Å². The van der Waals surface area contributed by atoms with Gasteiger partial charge in [-0.3, -0.25) is 9.02 Å². The minimum Gasteiger partial charge on any atom is -0.440 e. The van der Waals surface area contributed by atoms with Gasteiger partial charge in [-0.05, 0) is 0 Å². The Morgan fingerprint density at radius 3 is 2.71 bits per heavy atom. The summed E-state index contributed by atoms with van der Waals surface area (Å²) in [5.41, 5.74) is 0. The number of hydrogen-bond donors (Lipinski definition) is 0. The molecular weight excluding hydrogens is 214 g/mol. The van der Waals surface area contributed by atoms with Crippen molar-refractivity contribution in [3.63, 3.8) is 0 Å². The largest absolute Gasteiger partial charge is 0.440 e. The first-order chi connectivity index (χ1) is 6.42. The molecule has 0 aromatic heterocycles. The Labute approximate surface area is 81.6 Å². The van der Waals surface area contributed by atoms with E-state index in [4.69, 9.17) is 4.74 Å². The van der Waals surface area contributed by atoms with Crippen molar-refractivity contribution in [1.82, 2.24) is 5.06 Å². The van der Waals surface area contributed by atoms with E-state index >= 15 is 0 Å². The number of hydroxylamine groups is 2. The minimum atomic E-state index is -3.50. The number of carbonyl (C=O) groups is 1. The third kappa shape index (κ3) is 3.13. The summed E-state index contributed by atoms with van der Waals surface area (Å²) >= 11 is 0. The molecule has 0 radical (unpaired) electrons. The lowest BCUT2D eigenvalue weighted by atomic mass is 10.4. The highest BCUT2D eigenvalue weighted by molar-refractivity contribution is 7.85. The molecule has 0 aromatic carbocycles. The van der Waals surface area contributed by atoms with Crippen molar-refractivity contribution < 1.29 is 27.0 Å². The van der Waals surface area contributed by atoms with E-state index in [-0.39, 0.29) is 13.2 Å². The average Bonchev–Trinajstić information content (AvgIpc) is 2.42. The Kier molecular flexibility index (Phi) is 3.29. The Hall–Kier alpha value is -0.860. The van der Waals surface area contributed by atoms with Crippen LogP contribution in [-0.2, 0) is 23.9 Å². The summed E-state index contributed by atoms with van der Waals surface area (Å²) in [6, 6.07) is 0. The van der Waals surface area contributed by atoms with Crippen molar-refractivity contribution in [2.45, 2.75) is 6.10 Å². The fourth-order valence-electron chi connectivity index (χ4n) is 0.933. The van der Waals surface area contributed by atoms with E-state index in [1.54, 1.807) is 0 Å². The van der Waals surface area contributed by atoms with Gasteiger partial charge >= 0.3 is 6.09 Å². The molecule has 1 fully saturated rings. The van der Waals surface area contributed by atoms with Gasteiger partial charge in [-0.2, -0.15) is 13.5 Å². The topological polar surface area (TPSA) is 82.1 Å². The third-order valence-corrected chi connectivity index (χ3v) is 2.09. The van der Waals surface area contributed by atoms with Crippen LogP contribution >= 0.6 is 0 Å². The van der Waals surface area contributed by atoms with Crippen LogP contribution in [0.2, 0.25) is 0 Å². The summed E-state index contributed by atoms with van der Waals surface area (Å²) in [6.45, 7) is -0.0325. The van der Waals surface area contributed by atoms with Crippen LogP contribution in [0.3, 0.4) is 0 Å². The highest BCUT2D eigenvalue weighted by Crippen LogP contribution is 2.11. The molecule has 0 saturated carbocycles. The van der Waals surface area contributed by atoms with Gasteiger partial charge in [-0.15, -0.1) is 0 Å². The zero-order chi connectivity index (χ0) is 10.8. The summed E-state index contributed by atoms with van der Waals surface area (Å²) < 4.78 is 30.4. The van der Waals surface area contributed by atoms with Crippen LogP contribution in [0.5, 0.6) is 0 Å². The molecule has 0 spiro atoms. The second kappa shape index (κ2) is 4.11. The number of cyclic esters (lactones) is 1. The predicted octanol–water partition coefficient (Wildman–Crippen LogP) is -0.655. The van der Waals surface area contributed by atoms with Crippen molar-refractivity contribution in [3.8, 4) is 0 Å². The molecule has 8 heteroatoms. The van der Waals surface area contributed by atoms with Gasteiger partial charge in [0, 0.05) is 0 Å². The molecule has 14 heavy (non-hydrogen) atoms. The van der Waals surface area contributed by atoms with Gasteiger partial charge < -0.3 is 4.74 Å². The lowest BCUT2D eigenvalue weighted by molar-refractivity contribution is -0.0761. The molecule has 1 amide bonds. The monoisotopic (exact) mass is 225 g/mol. The number of hydrogen-bond acceptors (Lipinski definition) is 6. The molecule has 1 rings (SSSR count). The van der Waals surface area contributed by atoms with Gasteiger partial charge in [-0.1, -0.05) is 0 Å². The molecule has 1 heterocycles. The summed E-state index contributed by atoms with van der Waals surface area (Å²) in [6.07, 6.45) is -0.329.